The van der Waals surface area contributed by atoms with Gasteiger partial charge in [-0.25, -0.2) is 0 Å². The van der Waals surface area contributed by atoms with Crippen molar-refractivity contribution in [1.29, 1.82) is 0 Å². The molecule has 2 aromatic heterocycles. The van der Waals surface area contributed by atoms with E-state index in [1.165, 1.54) is 32.2 Å². The predicted molar refractivity (Wildman–Crippen MR) is 102 cm³/mol. The molecule has 0 aliphatic heterocycles. The van der Waals surface area contributed by atoms with Gasteiger partial charge >= 0.3 is 5.97 Å². The van der Waals surface area contributed by atoms with E-state index in [1.54, 1.807) is 19.9 Å². The lowest BCUT2D eigenvalue weighted by Gasteiger charge is -2.12. The van der Waals surface area contributed by atoms with Crippen LogP contribution in [0.3, 0.4) is 0 Å². The van der Waals surface area contributed by atoms with Gasteiger partial charge in [0.05, 0.1) is 18.4 Å². The monoisotopic (exact) mass is 383 g/mol. The highest BCUT2D eigenvalue weighted by atomic mass is 16.5. The van der Waals surface area contributed by atoms with Crippen LogP contribution in [-0.2, 0) is 16.0 Å². The van der Waals surface area contributed by atoms with E-state index in [4.69, 9.17) is 9.15 Å². The molecule has 3 rings (SSSR count). The molecule has 0 radical (unpaired) electrons. The number of rotatable bonds is 6. The number of hydrogen-bond donors (Lipinski definition) is 2. The maximum atomic E-state index is 12.7. The van der Waals surface area contributed by atoms with Crippen LogP contribution in [0.2, 0.25) is 0 Å². The summed E-state index contributed by atoms with van der Waals surface area (Å²) in [5, 5.41) is 10.2. The zero-order valence-corrected chi connectivity index (χ0v) is 16.1. The highest BCUT2D eigenvalue weighted by Crippen LogP contribution is 2.26. The van der Waals surface area contributed by atoms with Crippen LogP contribution in [0.25, 0.3) is 11.0 Å². The maximum Gasteiger partial charge on any atom is 0.311 e. The Morgan fingerprint density at radius 1 is 1.25 bits per heavy atom. The van der Waals surface area contributed by atoms with Gasteiger partial charge in [-0.1, -0.05) is 0 Å². The molecule has 0 bridgehead atoms. The van der Waals surface area contributed by atoms with Crippen LogP contribution in [0.15, 0.2) is 28.9 Å². The van der Waals surface area contributed by atoms with Crippen LogP contribution in [0.4, 0.5) is 0 Å². The average Bonchev–Trinajstić information content (AvgIpc) is 3.13. The second-order valence-electron chi connectivity index (χ2n) is 6.80. The first-order valence-electron chi connectivity index (χ1n) is 8.82. The molecule has 3 aromatic rings. The summed E-state index contributed by atoms with van der Waals surface area (Å²) in [6.07, 6.45) is 0.345. The topological polar surface area (TPSA) is 110 Å². The van der Waals surface area contributed by atoms with Crippen molar-refractivity contribution >= 4 is 28.5 Å². The second-order valence-corrected chi connectivity index (χ2v) is 6.80. The van der Waals surface area contributed by atoms with Crippen molar-refractivity contribution in [1.82, 2.24) is 4.98 Å². The minimum atomic E-state index is -1.01. The van der Waals surface area contributed by atoms with Crippen molar-refractivity contribution in [3.05, 3.63) is 52.5 Å². The van der Waals surface area contributed by atoms with Crippen molar-refractivity contribution in [3.8, 4) is 5.75 Å². The highest BCUT2D eigenvalue weighted by Gasteiger charge is 2.26. The molecular weight excluding hydrogens is 362 g/mol. The lowest BCUT2D eigenvalue weighted by Crippen LogP contribution is -2.26. The van der Waals surface area contributed by atoms with Gasteiger partial charge in [0.2, 0.25) is 5.78 Å². The Morgan fingerprint density at radius 3 is 2.61 bits per heavy atom. The average molecular weight is 383 g/mol. The molecule has 1 atom stereocenters. The summed E-state index contributed by atoms with van der Waals surface area (Å²) >= 11 is 0. The molecule has 0 aliphatic rings. The van der Waals surface area contributed by atoms with Gasteiger partial charge in [-0.05, 0) is 45.4 Å². The lowest BCUT2D eigenvalue weighted by atomic mass is 10.0. The first-order valence-corrected chi connectivity index (χ1v) is 8.82. The second kappa shape index (κ2) is 7.34. The summed E-state index contributed by atoms with van der Waals surface area (Å²) in [7, 11) is 0. The number of aromatic hydroxyl groups is 1. The number of aromatic nitrogens is 1. The Balaban J connectivity index is 1.72. The lowest BCUT2D eigenvalue weighted by molar-refractivity contribution is -0.145. The molecule has 0 saturated carbocycles. The van der Waals surface area contributed by atoms with Crippen LogP contribution >= 0.6 is 0 Å². The zero-order chi connectivity index (χ0) is 20.6. The number of ether oxygens (including phenoxy) is 1. The fourth-order valence-electron chi connectivity index (χ4n) is 3.38. The van der Waals surface area contributed by atoms with Gasteiger partial charge in [-0.3, -0.25) is 14.4 Å². The molecule has 1 aromatic carbocycles. The number of carbonyl (C=O) groups is 3. The molecule has 0 fully saturated rings. The number of furan rings is 1. The normalized spacial score (nSPS) is 12.1. The molecule has 0 spiro atoms. The third-order valence-corrected chi connectivity index (χ3v) is 4.69. The smallest absolute Gasteiger partial charge is 0.311 e. The van der Waals surface area contributed by atoms with Crippen molar-refractivity contribution in [2.75, 3.05) is 0 Å². The third-order valence-electron chi connectivity index (χ3n) is 4.69. The minimum absolute atomic E-state index is 0.0664. The van der Waals surface area contributed by atoms with E-state index in [0.717, 1.165) is 0 Å². The number of hydrogen-bond acceptors (Lipinski definition) is 6. The molecule has 2 N–H and O–H groups in total. The number of phenolic OH excluding ortho intramolecular Hbond substituents is 1. The summed E-state index contributed by atoms with van der Waals surface area (Å²) in [6.45, 7) is 6.35. The van der Waals surface area contributed by atoms with Crippen molar-refractivity contribution in [2.45, 2.75) is 40.2 Å². The first kappa shape index (κ1) is 19.4. The van der Waals surface area contributed by atoms with E-state index in [9.17, 15) is 19.5 Å². The van der Waals surface area contributed by atoms with E-state index >= 15 is 0 Å². The van der Waals surface area contributed by atoms with E-state index in [0.29, 0.717) is 33.4 Å². The van der Waals surface area contributed by atoms with Gasteiger partial charge in [-0.2, -0.15) is 0 Å². The molecule has 7 heteroatoms. The van der Waals surface area contributed by atoms with Gasteiger partial charge in [0, 0.05) is 28.3 Å². The number of esters is 1. The van der Waals surface area contributed by atoms with Crippen LogP contribution in [0.1, 0.15) is 51.5 Å². The number of aryl methyl sites for hydroxylation is 1. The van der Waals surface area contributed by atoms with Gasteiger partial charge in [-0.15, -0.1) is 0 Å². The summed E-state index contributed by atoms with van der Waals surface area (Å²) in [5.74, 6) is -1.04. The number of ketones is 2. The third kappa shape index (κ3) is 3.55. The number of benzene rings is 1. The van der Waals surface area contributed by atoms with E-state index in [-0.39, 0.29) is 23.6 Å². The summed E-state index contributed by atoms with van der Waals surface area (Å²) in [5.41, 5.74) is 2.98. The number of carbonyl (C=O) groups excluding carboxylic acids is 3. The van der Waals surface area contributed by atoms with Crippen LogP contribution in [0, 0.1) is 13.8 Å². The Hall–Kier alpha value is -3.35. The molecule has 28 heavy (non-hydrogen) atoms. The van der Waals surface area contributed by atoms with Crippen molar-refractivity contribution < 1.29 is 28.6 Å². The Labute approximate surface area is 161 Å². The number of fused-ring (bicyclic) bond motifs is 1. The highest BCUT2D eigenvalue weighted by molar-refractivity contribution is 6.05. The molecule has 0 aliphatic carbocycles. The zero-order valence-electron chi connectivity index (χ0n) is 16.1. The fraction of sp³-hybridized carbons (Fsp3) is 0.286. The SMILES string of the molecule is CC(=O)c1c(C)[nH]c(C(=O)[C@@H](C)OC(=O)Cc2coc3cc(O)ccc23)c1C. The standard InChI is InChI=1S/C21H21NO6/c1-10-19(12(3)23)11(2)22-20(10)21(26)13(4)28-18(25)7-14-9-27-17-8-15(24)5-6-16(14)17/h5-6,8-9,13,22,24H,7H2,1-4H3/t13-/m1/s1. The molecule has 2 heterocycles. The molecular formula is C21H21NO6. The minimum Gasteiger partial charge on any atom is -0.508 e. The van der Waals surface area contributed by atoms with E-state index in [2.05, 4.69) is 4.98 Å². The molecule has 7 nitrogen and oxygen atoms in total. The summed E-state index contributed by atoms with van der Waals surface area (Å²) in [6, 6.07) is 4.61. The number of aromatic amines is 1. The first-order chi connectivity index (χ1) is 13.2. The number of H-pyrrole nitrogens is 1. The Kier molecular flexibility index (Phi) is 5.09. The van der Waals surface area contributed by atoms with Crippen molar-refractivity contribution in [3.63, 3.8) is 0 Å². The molecule has 0 amide bonds. The van der Waals surface area contributed by atoms with Crippen LogP contribution in [-0.4, -0.2) is 33.7 Å². The largest absolute Gasteiger partial charge is 0.508 e. The molecule has 146 valence electrons. The van der Waals surface area contributed by atoms with Gasteiger partial charge in [0.1, 0.15) is 11.3 Å². The van der Waals surface area contributed by atoms with Gasteiger partial charge < -0.3 is 19.2 Å². The van der Waals surface area contributed by atoms with Gasteiger partial charge in [0.15, 0.2) is 11.9 Å². The quantitative estimate of drug-likeness (QED) is 0.497. The van der Waals surface area contributed by atoms with Crippen LogP contribution in [0.5, 0.6) is 5.75 Å². The van der Waals surface area contributed by atoms with Crippen LogP contribution < -0.4 is 0 Å². The number of phenols is 1. The summed E-state index contributed by atoms with van der Waals surface area (Å²) < 4.78 is 10.6. The summed E-state index contributed by atoms with van der Waals surface area (Å²) in [4.78, 5) is 39.6. The van der Waals surface area contributed by atoms with Gasteiger partial charge in [0.25, 0.3) is 0 Å². The maximum absolute atomic E-state index is 12.7. The van der Waals surface area contributed by atoms with E-state index in [1.807, 2.05) is 0 Å². The predicted octanol–water partition coefficient (Wildman–Crippen LogP) is 3.64. The van der Waals surface area contributed by atoms with E-state index < -0.39 is 17.9 Å². The fourth-order valence-corrected chi connectivity index (χ4v) is 3.38. The number of nitrogens with one attached hydrogen (secondary N) is 1. The number of Topliss-reactive ketones (excluding diaryl/α,β-unsaturated/α-hetero) is 2. The Bertz CT molecular complexity index is 1090. The Morgan fingerprint density at radius 2 is 1.96 bits per heavy atom. The molecule has 0 unspecified atom stereocenters. The van der Waals surface area contributed by atoms with Crippen molar-refractivity contribution in [2.24, 2.45) is 0 Å². The molecule has 0 saturated heterocycles.